The van der Waals surface area contributed by atoms with E-state index in [1.807, 2.05) is 0 Å². The van der Waals surface area contributed by atoms with Crippen LogP contribution in [0.2, 0.25) is 0 Å². The van der Waals surface area contributed by atoms with Gasteiger partial charge in [0.15, 0.2) is 0 Å². The molecular formula is C17H24N2O. The quantitative estimate of drug-likeness (QED) is 0.855. The zero-order valence-corrected chi connectivity index (χ0v) is 12.5. The fourth-order valence-corrected chi connectivity index (χ4v) is 3.02. The van der Waals surface area contributed by atoms with Crippen LogP contribution in [0.3, 0.4) is 0 Å². The molecule has 0 saturated carbocycles. The van der Waals surface area contributed by atoms with E-state index in [2.05, 4.69) is 48.8 Å². The molecule has 0 aliphatic carbocycles. The van der Waals surface area contributed by atoms with Crippen molar-refractivity contribution in [3.05, 3.63) is 42.0 Å². The fraction of sp³-hybridized carbons (Fsp3) is 0.471. The summed E-state index contributed by atoms with van der Waals surface area (Å²) in [5, 5.41) is 2.94. The number of piperidine rings is 1. The molecule has 1 aromatic carbocycles. The average molecular weight is 272 g/mol. The Kier molecular flexibility index (Phi) is 4.83. The number of benzene rings is 1. The lowest BCUT2D eigenvalue weighted by atomic mass is 9.97. The SMILES string of the molecule is C=CCNC(=O)C1CCCCN1c1c(C)cccc1C. The van der Waals surface area contributed by atoms with Crippen molar-refractivity contribution in [2.75, 3.05) is 18.0 Å². The van der Waals surface area contributed by atoms with E-state index in [1.165, 1.54) is 16.8 Å². The molecule has 1 heterocycles. The first-order valence-electron chi connectivity index (χ1n) is 7.36. The van der Waals surface area contributed by atoms with E-state index in [0.29, 0.717) is 6.54 Å². The Balaban J connectivity index is 2.27. The van der Waals surface area contributed by atoms with E-state index in [4.69, 9.17) is 0 Å². The van der Waals surface area contributed by atoms with Crippen LogP contribution in [0.5, 0.6) is 0 Å². The van der Waals surface area contributed by atoms with Gasteiger partial charge in [-0.05, 0) is 44.2 Å². The van der Waals surface area contributed by atoms with Crippen molar-refractivity contribution in [3.63, 3.8) is 0 Å². The summed E-state index contributed by atoms with van der Waals surface area (Å²) in [7, 11) is 0. The molecule has 1 aromatic rings. The number of amides is 1. The number of hydrogen-bond acceptors (Lipinski definition) is 2. The first-order valence-corrected chi connectivity index (χ1v) is 7.36. The molecule has 1 fully saturated rings. The molecule has 3 heteroatoms. The van der Waals surface area contributed by atoms with Crippen LogP contribution in [0.15, 0.2) is 30.9 Å². The first kappa shape index (κ1) is 14.6. The average Bonchev–Trinajstić information content (AvgIpc) is 2.45. The number of nitrogens with zero attached hydrogens (tertiary/aromatic N) is 1. The molecule has 108 valence electrons. The molecule has 0 radical (unpaired) electrons. The summed E-state index contributed by atoms with van der Waals surface area (Å²) in [6, 6.07) is 6.26. The summed E-state index contributed by atoms with van der Waals surface area (Å²) < 4.78 is 0. The molecule has 1 N–H and O–H groups in total. The van der Waals surface area contributed by atoms with Gasteiger partial charge in [0.2, 0.25) is 5.91 Å². The van der Waals surface area contributed by atoms with Gasteiger partial charge in [0, 0.05) is 18.8 Å². The number of rotatable bonds is 4. The third-order valence-corrected chi connectivity index (χ3v) is 3.95. The lowest BCUT2D eigenvalue weighted by Gasteiger charge is -2.38. The second-order valence-electron chi connectivity index (χ2n) is 5.48. The van der Waals surface area contributed by atoms with Crippen LogP contribution in [0.4, 0.5) is 5.69 Å². The van der Waals surface area contributed by atoms with Gasteiger partial charge in [0.25, 0.3) is 0 Å². The first-order chi connectivity index (χ1) is 9.65. The molecule has 1 aliphatic heterocycles. The van der Waals surface area contributed by atoms with E-state index in [-0.39, 0.29) is 11.9 Å². The van der Waals surface area contributed by atoms with Gasteiger partial charge in [-0.25, -0.2) is 0 Å². The molecule has 20 heavy (non-hydrogen) atoms. The van der Waals surface area contributed by atoms with Crippen LogP contribution in [-0.4, -0.2) is 25.0 Å². The molecule has 3 nitrogen and oxygen atoms in total. The third-order valence-electron chi connectivity index (χ3n) is 3.95. The maximum absolute atomic E-state index is 12.4. The molecule has 1 saturated heterocycles. The number of carbonyl (C=O) groups excluding carboxylic acids is 1. The van der Waals surface area contributed by atoms with Gasteiger partial charge < -0.3 is 10.2 Å². The Labute approximate surface area is 121 Å². The Morgan fingerprint density at radius 1 is 1.40 bits per heavy atom. The van der Waals surface area contributed by atoms with Crippen molar-refractivity contribution in [1.29, 1.82) is 0 Å². The zero-order valence-electron chi connectivity index (χ0n) is 12.5. The molecule has 1 unspecified atom stereocenters. The van der Waals surface area contributed by atoms with Crippen molar-refractivity contribution in [3.8, 4) is 0 Å². The number of hydrogen-bond donors (Lipinski definition) is 1. The van der Waals surface area contributed by atoms with Crippen molar-refractivity contribution in [2.24, 2.45) is 0 Å². The fourth-order valence-electron chi connectivity index (χ4n) is 3.02. The number of aryl methyl sites for hydroxylation is 2. The van der Waals surface area contributed by atoms with Crippen LogP contribution < -0.4 is 10.2 Å². The second-order valence-corrected chi connectivity index (χ2v) is 5.48. The Morgan fingerprint density at radius 2 is 2.10 bits per heavy atom. The van der Waals surface area contributed by atoms with E-state index >= 15 is 0 Å². The Morgan fingerprint density at radius 3 is 2.75 bits per heavy atom. The minimum Gasteiger partial charge on any atom is -0.359 e. The molecule has 2 rings (SSSR count). The molecule has 0 aromatic heterocycles. The van der Waals surface area contributed by atoms with Gasteiger partial charge in [-0.1, -0.05) is 24.3 Å². The van der Waals surface area contributed by atoms with Crippen molar-refractivity contribution < 1.29 is 4.79 Å². The normalized spacial score (nSPS) is 18.7. The van der Waals surface area contributed by atoms with Gasteiger partial charge in [-0.3, -0.25) is 4.79 Å². The van der Waals surface area contributed by atoms with Gasteiger partial charge in [0.05, 0.1) is 0 Å². The van der Waals surface area contributed by atoms with E-state index in [9.17, 15) is 4.79 Å². The highest BCUT2D eigenvalue weighted by molar-refractivity contribution is 5.86. The van der Waals surface area contributed by atoms with Gasteiger partial charge >= 0.3 is 0 Å². The van der Waals surface area contributed by atoms with Gasteiger partial charge in [-0.15, -0.1) is 6.58 Å². The van der Waals surface area contributed by atoms with E-state index < -0.39 is 0 Å². The highest BCUT2D eigenvalue weighted by Crippen LogP contribution is 2.30. The van der Waals surface area contributed by atoms with Crippen molar-refractivity contribution in [2.45, 2.75) is 39.2 Å². The second kappa shape index (κ2) is 6.60. The minimum atomic E-state index is -0.0523. The van der Waals surface area contributed by atoms with Crippen molar-refractivity contribution in [1.82, 2.24) is 5.32 Å². The van der Waals surface area contributed by atoms with Crippen LogP contribution >= 0.6 is 0 Å². The maximum atomic E-state index is 12.4. The van der Waals surface area contributed by atoms with Crippen molar-refractivity contribution >= 4 is 11.6 Å². The zero-order chi connectivity index (χ0) is 14.5. The molecule has 1 atom stereocenters. The highest BCUT2D eigenvalue weighted by Gasteiger charge is 2.29. The molecule has 1 amide bonds. The largest absolute Gasteiger partial charge is 0.359 e. The number of para-hydroxylation sites is 1. The van der Waals surface area contributed by atoms with Gasteiger partial charge in [-0.2, -0.15) is 0 Å². The minimum absolute atomic E-state index is 0.0523. The third kappa shape index (κ3) is 3.03. The summed E-state index contributed by atoms with van der Waals surface area (Å²) >= 11 is 0. The predicted octanol–water partition coefficient (Wildman–Crippen LogP) is 2.96. The summed E-state index contributed by atoms with van der Waals surface area (Å²) in [5.41, 5.74) is 3.72. The van der Waals surface area contributed by atoms with Crippen LogP contribution in [0, 0.1) is 13.8 Å². The lowest BCUT2D eigenvalue weighted by molar-refractivity contribution is -0.122. The molecule has 0 bridgehead atoms. The monoisotopic (exact) mass is 272 g/mol. The van der Waals surface area contributed by atoms with E-state index in [0.717, 1.165) is 25.8 Å². The topological polar surface area (TPSA) is 32.3 Å². The maximum Gasteiger partial charge on any atom is 0.242 e. The standard InChI is InChI=1S/C17H24N2O/c1-4-11-18-17(20)15-10-5-6-12-19(15)16-13(2)8-7-9-14(16)3/h4,7-9,15H,1,5-6,10-12H2,2-3H3,(H,18,20). The van der Waals surface area contributed by atoms with Crippen LogP contribution in [0.1, 0.15) is 30.4 Å². The molecular weight excluding hydrogens is 248 g/mol. The lowest BCUT2D eigenvalue weighted by Crippen LogP contribution is -2.50. The summed E-state index contributed by atoms with van der Waals surface area (Å²) in [4.78, 5) is 14.6. The number of nitrogens with one attached hydrogen (secondary N) is 1. The van der Waals surface area contributed by atoms with Crippen LogP contribution in [0.25, 0.3) is 0 Å². The summed E-state index contributed by atoms with van der Waals surface area (Å²) in [6.07, 6.45) is 4.92. The Bertz CT molecular complexity index is 476. The molecule has 1 aliphatic rings. The number of carbonyl (C=O) groups is 1. The van der Waals surface area contributed by atoms with E-state index in [1.54, 1.807) is 6.08 Å². The Hall–Kier alpha value is -1.77. The van der Waals surface area contributed by atoms with Crippen LogP contribution in [-0.2, 0) is 4.79 Å². The highest BCUT2D eigenvalue weighted by atomic mass is 16.2. The summed E-state index contributed by atoms with van der Waals surface area (Å²) in [6.45, 7) is 9.39. The predicted molar refractivity (Wildman–Crippen MR) is 84.1 cm³/mol. The molecule has 0 spiro atoms. The number of anilines is 1. The smallest absolute Gasteiger partial charge is 0.242 e. The summed E-state index contributed by atoms with van der Waals surface area (Å²) in [5.74, 6) is 0.118. The van der Waals surface area contributed by atoms with Gasteiger partial charge in [0.1, 0.15) is 6.04 Å².